The highest BCUT2D eigenvalue weighted by Gasteiger charge is 2.34. The molecule has 0 aliphatic carbocycles. The summed E-state index contributed by atoms with van der Waals surface area (Å²) < 4.78 is 39.2. The average Bonchev–Trinajstić information content (AvgIpc) is 2.92. The van der Waals surface area contributed by atoms with E-state index in [-0.39, 0.29) is 18.3 Å². The number of aromatic nitrogens is 3. The molecule has 9 heteroatoms. The number of hydrogen-bond acceptors (Lipinski definition) is 3. The summed E-state index contributed by atoms with van der Waals surface area (Å²) in [7, 11) is 0. The molecular formula is C14H15F3N4O2. The number of H-pyrrole nitrogens is 1. The van der Waals surface area contributed by atoms with Crippen LogP contribution in [0.2, 0.25) is 0 Å². The van der Waals surface area contributed by atoms with Crippen LogP contribution >= 0.6 is 0 Å². The van der Waals surface area contributed by atoms with Crippen LogP contribution in [0, 0.1) is 0 Å². The Balaban J connectivity index is 2.06. The van der Waals surface area contributed by atoms with Crippen molar-refractivity contribution in [1.82, 2.24) is 20.1 Å². The summed E-state index contributed by atoms with van der Waals surface area (Å²) in [6, 6.07) is 3.40. The molecular weight excluding hydrogens is 313 g/mol. The zero-order chi connectivity index (χ0) is 17.2. The van der Waals surface area contributed by atoms with Gasteiger partial charge in [-0.05, 0) is 32.0 Å². The quantitative estimate of drug-likeness (QED) is 0.902. The summed E-state index contributed by atoms with van der Waals surface area (Å²) in [5.41, 5.74) is -2.34. The summed E-state index contributed by atoms with van der Waals surface area (Å²) in [4.78, 5) is 25.2. The predicted octanol–water partition coefficient (Wildman–Crippen LogP) is 2.10. The van der Waals surface area contributed by atoms with Crippen molar-refractivity contribution >= 4 is 5.91 Å². The molecule has 2 aromatic rings. The van der Waals surface area contributed by atoms with E-state index < -0.39 is 23.2 Å². The van der Waals surface area contributed by atoms with Crippen LogP contribution in [0.15, 0.2) is 29.2 Å². The topological polar surface area (TPSA) is 79.8 Å². The van der Waals surface area contributed by atoms with Crippen molar-refractivity contribution in [3.8, 4) is 0 Å². The first-order valence-corrected chi connectivity index (χ1v) is 6.81. The van der Waals surface area contributed by atoms with Crippen molar-refractivity contribution in [3.63, 3.8) is 0 Å². The van der Waals surface area contributed by atoms with Gasteiger partial charge in [0.25, 0.3) is 11.5 Å². The normalized spacial score (nSPS) is 11.7. The first-order chi connectivity index (χ1) is 10.7. The Morgan fingerprint density at radius 1 is 1.35 bits per heavy atom. The minimum Gasteiger partial charge on any atom is -0.345 e. The third-order valence-corrected chi connectivity index (χ3v) is 3.08. The lowest BCUT2D eigenvalue weighted by Crippen LogP contribution is -2.28. The first kappa shape index (κ1) is 16.8. The Bertz CT molecular complexity index is 762. The minimum absolute atomic E-state index is 0.0988. The van der Waals surface area contributed by atoms with Crippen molar-refractivity contribution in [3.05, 3.63) is 51.7 Å². The lowest BCUT2D eigenvalue weighted by molar-refractivity contribution is -0.138. The Kier molecular flexibility index (Phi) is 4.57. The molecule has 0 aliphatic rings. The standard InChI is InChI=1S/C14H15F3N4O2/c1-8(2)21-6-5-9(20-21)7-18-13(23)11-4-3-10(12(22)19-11)14(15,16)17/h3-6,8H,7H2,1-2H3,(H,18,23)(H,19,22). The van der Waals surface area contributed by atoms with Crippen LogP contribution in [0.3, 0.4) is 0 Å². The van der Waals surface area contributed by atoms with E-state index in [1.165, 1.54) is 0 Å². The van der Waals surface area contributed by atoms with Gasteiger partial charge in [0.15, 0.2) is 0 Å². The zero-order valence-electron chi connectivity index (χ0n) is 12.4. The third-order valence-electron chi connectivity index (χ3n) is 3.08. The van der Waals surface area contributed by atoms with E-state index >= 15 is 0 Å². The lowest BCUT2D eigenvalue weighted by atomic mass is 10.2. The zero-order valence-corrected chi connectivity index (χ0v) is 12.4. The molecule has 23 heavy (non-hydrogen) atoms. The van der Waals surface area contributed by atoms with Crippen molar-refractivity contribution in [1.29, 1.82) is 0 Å². The monoisotopic (exact) mass is 328 g/mol. The van der Waals surface area contributed by atoms with Crippen molar-refractivity contribution in [2.24, 2.45) is 0 Å². The van der Waals surface area contributed by atoms with Crippen LogP contribution in [-0.4, -0.2) is 20.7 Å². The van der Waals surface area contributed by atoms with E-state index in [4.69, 9.17) is 0 Å². The van der Waals surface area contributed by atoms with E-state index in [9.17, 15) is 22.8 Å². The van der Waals surface area contributed by atoms with Gasteiger partial charge >= 0.3 is 6.18 Å². The van der Waals surface area contributed by atoms with Gasteiger partial charge in [-0.25, -0.2) is 0 Å². The van der Waals surface area contributed by atoms with Crippen molar-refractivity contribution in [2.75, 3.05) is 0 Å². The largest absolute Gasteiger partial charge is 0.421 e. The number of carbonyl (C=O) groups excluding carboxylic acids is 1. The number of pyridine rings is 1. The molecule has 6 nitrogen and oxygen atoms in total. The number of halogens is 3. The molecule has 2 N–H and O–H groups in total. The van der Waals surface area contributed by atoms with Crippen molar-refractivity contribution < 1.29 is 18.0 Å². The number of amides is 1. The van der Waals surface area contributed by atoms with Crippen molar-refractivity contribution in [2.45, 2.75) is 32.6 Å². The Hall–Kier alpha value is -2.58. The molecule has 0 spiro atoms. The minimum atomic E-state index is -4.76. The molecule has 1 amide bonds. The molecule has 0 unspecified atom stereocenters. The lowest BCUT2D eigenvalue weighted by Gasteiger charge is -2.07. The highest BCUT2D eigenvalue weighted by atomic mass is 19.4. The molecule has 0 aliphatic heterocycles. The molecule has 0 saturated carbocycles. The van der Waals surface area contributed by atoms with Gasteiger partial charge < -0.3 is 10.3 Å². The number of carbonyl (C=O) groups is 1. The average molecular weight is 328 g/mol. The van der Waals surface area contributed by atoms with Gasteiger partial charge in [0.05, 0.1) is 12.2 Å². The highest BCUT2D eigenvalue weighted by Crippen LogP contribution is 2.25. The Morgan fingerprint density at radius 2 is 2.04 bits per heavy atom. The Labute approximate surface area is 129 Å². The maximum absolute atomic E-state index is 12.5. The number of aromatic amines is 1. The summed E-state index contributed by atoms with van der Waals surface area (Å²) in [5, 5.41) is 6.71. The van der Waals surface area contributed by atoms with E-state index in [0.717, 1.165) is 6.07 Å². The predicted molar refractivity (Wildman–Crippen MR) is 75.8 cm³/mol. The third kappa shape index (κ3) is 3.99. The fourth-order valence-electron chi connectivity index (χ4n) is 1.85. The molecule has 0 radical (unpaired) electrons. The van der Waals surface area contributed by atoms with Crippen LogP contribution in [-0.2, 0) is 12.7 Å². The van der Waals surface area contributed by atoms with Crippen LogP contribution < -0.4 is 10.9 Å². The smallest absolute Gasteiger partial charge is 0.345 e. The molecule has 0 fully saturated rings. The van der Waals surface area contributed by atoms with Gasteiger partial charge in [0.2, 0.25) is 0 Å². The van der Waals surface area contributed by atoms with E-state index in [1.807, 2.05) is 18.8 Å². The second-order valence-corrected chi connectivity index (χ2v) is 5.18. The molecule has 2 rings (SSSR count). The summed E-state index contributed by atoms with van der Waals surface area (Å²) >= 11 is 0. The Morgan fingerprint density at radius 3 is 2.57 bits per heavy atom. The number of nitrogens with one attached hydrogen (secondary N) is 2. The fourth-order valence-corrected chi connectivity index (χ4v) is 1.85. The molecule has 0 saturated heterocycles. The van der Waals surface area contributed by atoms with E-state index in [1.54, 1.807) is 16.9 Å². The summed E-state index contributed by atoms with van der Waals surface area (Å²) in [5.74, 6) is -0.685. The maximum Gasteiger partial charge on any atom is 0.421 e. The molecule has 0 atom stereocenters. The molecule has 2 aromatic heterocycles. The van der Waals surface area contributed by atoms with Gasteiger partial charge in [-0.3, -0.25) is 14.3 Å². The highest BCUT2D eigenvalue weighted by molar-refractivity contribution is 5.92. The van der Waals surface area contributed by atoms with Crippen LogP contribution in [0.25, 0.3) is 0 Å². The van der Waals surface area contributed by atoms with Gasteiger partial charge in [-0.2, -0.15) is 18.3 Å². The van der Waals surface area contributed by atoms with Crippen LogP contribution in [0.5, 0.6) is 0 Å². The van der Waals surface area contributed by atoms with E-state index in [2.05, 4.69) is 10.4 Å². The number of nitrogens with zero attached hydrogens (tertiary/aromatic N) is 2. The summed E-state index contributed by atoms with van der Waals surface area (Å²) in [6.45, 7) is 3.99. The van der Waals surface area contributed by atoms with Gasteiger partial charge in [0, 0.05) is 12.2 Å². The molecule has 2 heterocycles. The van der Waals surface area contributed by atoms with Crippen LogP contribution in [0.4, 0.5) is 13.2 Å². The fraction of sp³-hybridized carbons (Fsp3) is 0.357. The first-order valence-electron chi connectivity index (χ1n) is 6.81. The molecule has 0 aromatic carbocycles. The second-order valence-electron chi connectivity index (χ2n) is 5.18. The van der Waals surface area contributed by atoms with E-state index in [0.29, 0.717) is 11.8 Å². The van der Waals surface area contributed by atoms with Gasteiger partial charge in [-0.15, -0.1) is 0 Å². The van der Waals surface area contributed by atoms with Crippen LogP contribution in [0.1, 0.15) is 41.6 Å². The molecule has 124 valence electrons. The maximum atomic E-state index is 12.5. The SMILES string of the molecule is CC(C)n1ccc(CNC(=O)c2ccc(C(F)(F)F)c(=O)[nH]2)n1. The number of rotatable bonds is 4. The summed E-state index contributed by atoms with van der Waals surface area (Å²) in [6.07, 6.45) is -3.00. The van der Waals surface area contributed by atoms with Gasteiger partial charge in [0.1, 0.15) is 11.3 Å². The van der Waals surface area contributed by atoms with Gasteiger partial charge in [-0.1, -0.05) is 0 Å². The second kappa shape index (κ2) is 6.27. The number of alkyl halides is 3. The molecule has 0 bridgehead atoms. The number of hydrogen-bond donors (Lipinski definition) is 2.